The highest BCUT2D eigenvalue weighted by Crippen LogP contribution is 2.26. The van der Waals surface area contributed by atoms with Gasteiger partial charge in [-0.2, -0.15) is 5.26 Å². The molecule has 1 saturated carbocycles. The maximum atomic E-state index is 11.6. The number of H-pyrrole nitrogens is 1. The third-order valence-electron chi connectivity index (χ3n) is 3.23. The summed E-state index contributed by atoms with van der Waals surface area (Å²) in [6, 6.07) is 2.43. The summed E-state index contributed by atoms with van der Waals surface area (Å²) in [5, 5.41) is 8.76. The SMILES string of the molecule is CCN(CCn1cc(C#N)c(=O)[nH]c1=O)C1CC1. The van der Waals surface area contributed by atoms with Crippen molar-refractivity contribution in [1.82, 2.24) is 14.5 Å². The Morgan fingerprint density at radius 3 is 2.83 bits per heavy atom. The first-order valence-electron chi connectivity index (χ1n) is 6.13. The van der Waals surface area contributed by atoms with Crippen LogP contribution in [0.3, 0.4) is 0 Å². The summed E-state index contributed by atoms with van der Waals surface area (Å²) in [4.78, 5) is 27.3. The van der Waals surface area contributed by atoms with Crippen molar-refractivity contribution >= 4 is 0 Å². The van der Waals surface area contributed by atoms with Crippen molar-refractivity contribution in [3.8, 4) is 6.07 Å². The molecule has 1 aromatic heterocycles. The summed E-state index contributed by atoms with van der Waals surface area (Å²) in [6.07, 6.45) is 3.78. The first-order valence-corrected chi connectivity index (χ1v) is 6.13. The van der Waals surface area contributed by atoms with Gasteiger partial charge in [0.25, 0.3) is 5.56 Å². The molecule has 0 unspecified atom stereocenters. The fourth-order valence-corrected chi connectivity index (χ4v) is 2.03. The van der Waals surface area contributed by atoms with E-state index in [4.69, 9.17) is 5.26 Å². The molecule has 1 N–H and O–H groups in total. The molecular weight excluding hydrogens is 232 g/mol. The lowest BCUT2D eigenvalue weighted by Crippen LogP contribution is -2.36. The van der Waals surface area contributed by atoms with Crippen LogP contribution in [0.1, 0.15) is 25.3 Å². The van der Waals surface area contributed by atoms with Crippen LogP contribution >= 0.6 is 0 Å². The largest absolute Gasteiger partial charge is 0.328 e. The number of aromatic amines is 1. The summed E-state index contributed by atoms with van der Waals surface area (Å²) >= 11 is 0. The molecule has 18 heavy (non-hydrogen) atoms. The van der Waals surface area contributed by atoms with Gasteiger partial charge in [0, 0.05) is 25.3 Å². The van der Waals surface area contributed by atoms with E-state index in [1.807, 2.05) is 0 Å². The van der Waals surface area contributed by atoms with E-state index in [0.717, 1.165) is 13.1 Å². The maximum Gasteiger partial charge on any atom is 0.328 e. The Bertz CT molecular complexity index is 577. The van der Waals surface area contributed by atoms with Crippen LogP contribution in [0.2, 0.25) is 0 Å². The topological polar surface area (TPSA) is 81.9 Å². The van der Waals surface area contributed by atoms with Gasteiger partial charge in [0.05, 0.1) is 0 Å². The zero-order valence-electron chi connectivity index (χ0n) is 10.3. The van der Waals surface area contributed by atoms with Crippen molar-refractivity contribution in [2.24, 2.45) is 0 Å². The first-order chi connectivity index (χ1) is 8.65. The number of aromatic nitrogens is 2. The molecule has 0 bridgehead atoms. The molecule has 0 radical (unpaired) electrons. The van der Waals surface area contributed by atoms with E-state index >= 15 is 0 Å². The van der Waals surface area contributed by atoms with Crippen LogP contribution in [-0.4, -0.2) is 33.6 Å². The summed E-state index contributed by atoms with van der Waals surface area (Å²) in [7, 11) is 0. The Labute approximate surface area is 104 Å². The molecule has 0 aromatic carbocycles. The van der Waals surface area contributed by atoms with Gasteiger partial charge < -0.3 is 0 Å². The highest BCUT2D eigenvalue weighted by molar-refractivity contribution is 5.21. The lowest BCUT2D eigenvalue weighted by molar-refractivity contribution is 0.264. The Balaban J connectivity index is 2.11. The van der Waals surface area contributed by atoms with E-state index in [-0.39, 0.29) is 5.56 Å². The standard InChI is InChI=1S/C12H16N4O2/c1-2-15(10-3-4-10)5-6-16-8-9(7-13)11(17)14-12(16)18/h8,10H,2-6H2,1H3,(H,14,17,18). The van der Waals surface area contributed by atoms with E-state index in [9.17, 15) is 9.59 Å². The average Bonchev–Trinajstić information content (AvgIpc) is 3.17. The van der Waals surface area contributed by atoms with Crippen molar-refractivity contribution in [1.29, 1.82) is 5.26 Å². The second kappa shape index (κ2) is 5.19. The van der Waals surface area contributed by atoms with Crippen LogP contribution in [0, 0.1) is 11.3 Å². The predicted octanol–water partition coefficient (Wildman–Crippen LogP) is -0.107. The maximum absolute atomic E-state index is 11.6. The normalized spacial score (nSPS) is 14.7. The van der Waals surface area contributed by atoms with Crippen LogP contribution in [0.25, 0.3) is 0 Å². The van der Waals surface area contributed by atoms with E-state index in [2.05, 4.69) is 16.8 Å². The highest BCUT2D eigenvalue weighted by Gasteiger charge is 2.27. The Morgan fingerprint density at radius 2 is 2.28 bits per heavy atom. The van der Waals surface area contributed by atoms with Crippen molar-refractivity contribution in [2.75, 3.05) is 13.1 Å². The molecule has 96 valence electrons. The van der Waals surface area contributed by atoms with E-state index in [0.29, 0.717) is 12.6 Å². The smallest absolute Gasteiger partial charge is 0.299 e. The summed E-state index contributed by atoms with van der Waals surface area (Å²) in [5.74, 6) is 0. The second-order valence-corrected chi connectivity index (χ2v) is 4.47. The van der Waals surface area contributed by atoms with Gasteiger partial charge in [-0.15, -0.1) is 0 Å². The Hall–Kier alpha value is -1.87. The number of hydrogen-bond acceptors (Lipinski definition) is 4. The number of nitrogens with one attached hydrogen (secondary N) is 1. The zero-order valence-corrected chi connectivity index (χ0v) is 10.3. The quantitative estimate of drug-likeness (QED) is 0.788. The minimum atomic E-state index is -0.617. The fourth-order valence-electron chi connectivity index (χ4n) is 2.03. The number of hydrogen-bond donors (Lipinski definition) is 1. The predicted molar refractivity (Wildman–Crippen MR) is 66.3 cm³/mol. The van der Waals surface area contributed by atoms with Gasteiger partial charge in [-0.1, -0.05) is 6.92 Å². The molecule has 0 aliphatic heterocycles. The van der Waals surface area contributed by atoms with Crippen molar-refractivity contribution in [3.05, 3.63) is 32.6 Å². The van der Waals surface area contributed by atoms with E-state index in [1.165, 1.54) is 23.6 Å². The molecule has 1 aromatic rings. The van der Waals surface area contributed by atoms with Gasteiger partial charge in [0.1, 0.15) is 11.6 Å². The molecule has 6 heteroatoms. The van der Waals surface area contributed by atoms with Crippen LogP contribution < -0.4 is 11.2 Å². The zero-order chi connectivity index (χ0) is 13.1. The van der Waals surface area contributed by atoms with Crippen LogP contribution in [0.4, 0.5) is 0 Å². The number of rotatable bonds is 5. The third-order valence-corrected chi connectivity index (χ3v) is 3.23. The van der Waals surface area contributed by atoms with Crippen LogP contribution in [0.15, 0.2) is 15.8 Å². The van der Waals surface area contributed by atoms with E-state index in [1.54, 1.807) is 6.07 Å². The lowest BCUT2D eigenvalue weighted by atomic mass is 10.3. The lowest BCUT2D eigenvalue weighted by Gasteiger charge is -2.19. The van der Waals surface area contributed by atoms with Gasteiger partial charge in [0.2, 0.25) is 0 Å². The molecule has 1 aliphatic rings. The van der Waals surface area contributed by atoms with Crippen molar-refractivity contribution < 1.29 is 0 Å². The fraction of sp³-hybridized carbons (Fsp3) is 0.583. The van der Waals surface area contributed by atoms with Crippen molar-refractivity contribution in [3.63, 3.8) is 0 Å². The van der Waals surface area contributed by atoms with Crippen molar-refractivity contribution in [2.45, 2.75) is 32.4 Å². The highest BCUT2D eigenvalue weighted by atomic mass is 16.2. The van der Waals surface area contributed by atoms with Crippen LogP contribution in [-0.2, 0) is 6.54 Å². The van der Waals surface area contributed by atoms with Crippen LogP contribution in [0.5, 0.6) is 0 Å². The molecule has 2 rings (SSSR count). The molecule has 0 amide bonds. The van der Waals surface area contributed by atoms with Gasteiger partial charge in [-0.05, 0) is 19.4 Å². The molecule has 0 atom stereocenters. The second-order valence-electron chi connectivity index (χ2n) is 4.47. The number of nitriles is 1. The molecule has 1 aliphatic carbocycles. The summed E-state index contributed by atoms with van der Waals surface area (Å²) in [5.41, 5.74) is -1.09. The Morgan fingerprint density at radius 1 is 1.56 bits per heavy atom. The van der Waals surface area contributed by atoms with Gasteiger partial charge >= 0.3 is 5.69 Å². The Kier molecular flexibility index (Phi) is 3.63. The number of nitrogens with zero attached hydrogens (tertiary/aromatic N) is 3. The minimum absolute atomic E-state index is 0.0240. The summed E-state index contributed by atoms with van der Waals surface area (Å²) < 4.78 is 1.39. The molecule has 1 heterocycles. The third kappa shape index (κ3) is 2.68. The molecular formula is C12H16N4O2. The average molecular weight is 248 g/mol. The van der Waals surface area contributed by atoms with Gasteiger partial charge in [-0.3, -0.25) is 19.2 Å². The molecule has 0 spiro atoms. The summed E-state index contributed by atoms with van der Waals surface area (Å²) in [6.45, 7) is 4.30. The molecule has 6 nitrogen and oxygen atoms in total. The minimum Gasteiger partial charge on any atom is -0.299 e. The monoisotopic (exact) mass is 248 g/mol. The van der Waals surface area contributed by atoms with E-state index < -0.39 is 11.2 Å². The first kappa shape index (κ1) is 12.6. The van der Waals surface area contributed by atoms with Gasteiger partial charge in [0.15, 0.2) is 0 Å². The molecule has 0 saturated heterocycles. The van der Waals surface area contributed by atoms with Gasteiger partial charge in [-0.25, -0.2) is 4.79 Å². The molecule has 1 fully saturated rings. The number of likely N-dealkylation sites (N-methyl/N-ethyl adjacent to an activating group) is 1.